The Hall–Kier alpha value is -2.03. The van der Waals surface area contributed by atoms with E-state index in [1.807, 2.05) is 48.1 Å². The van der Waals surface area contributed by atoms with Crippen LogP contribution in [0.1, 0.15) is 24.1 Å². The number of rotatable bonds is 4. The van der Waals surface area contributed by atoms with Gasteiger partial charge in [0.2, 0.25) is 5.91 Å². The monoisotopic (exact) mass is 254 g/mol. The van der Waals surface area contributed by atoms with Crippen LogP contribution >= 0.6 is 0 Å². The molecule has 1 saturated carbocycles. The van der Waals surface area contributed by atoms with Crippen LogP contribution in [0.25, 0.3) is 0 Å². The smallest absolute Gasteiger partial charge is 0.230 e. The van der Waals surface area contributed by atoms with Gasteiger partial charge >= 0.3 is 0 Å². The minimum absolute atomic E-state index is 0.153. The summed E-state index contributed by atoms with van der Waals surface area (Å²) in [5.74, 6) is 0.153. The van der Waals surface area contributed by atoms with E-state index in [0.29, 0.717) is 6.54 Å². The summed E-state index contributed by atoms with van der Waals surface area (Å²) in [6.45, 7) is 0.594. The number of amides is 1. The summed E-state index contributed by atoms with van der Waals surface area (Å²) in [5, 5.41) is 3.07. The van der Waals surface area contributed by atoms with E-state index >= 15 is 0 Å². The summed E-state index contributed by atoms with van der Waals surface area (Å²) in [6, 6.07) is 14.1. The maximum atomic E-state index is 12.4. The highest BCUT2D eigenvalue weighted by Gasteiger charge is 2.50. The maximum Gasteiger partial charge on any atom is 0.230 e. The third-order valence-corrected chi connectivity index (χ3v) is 3.99. The van der Waals surface area contributed by atoms with E-state index < -0.39 is 0 Å². The Labute approximate surface area is 113 Å². The molecule has 3 rings (SSSR count). The van der Waals surface area contributed by atoms with E-state index in [1.165, 1.54) is 0 Å². The SMILES string of the molecule is Cn1cccc1CNC(=O)C1(c2ccccc2)CC1. The number of benzene rings is 1. The van der Waals surface area contributed by atoms with Crippen LogP contribution < -0.4 is 5.32 Å². The highest BCUT2D eigenvalue weighted by atomic mass is 16.2. The predicted molar refractivity (Wildman–Crippen MR) is 74.6 cm³/mol. The van der Waals surface area contributed by atoms with Crippen LogP contribution in [0.4, 0.5) is 0 Å². The lowest BCUT2D eigenvalue weighted by Gasteiger charge is -2.16. The fraction of sp³-hybridized carbons (Fsp3) is 0.312. The number of nitrogens with zero attached hydrogens (tertiary/aromatic N) is 1. The second kappa shape index (κ2) is 4.57. The Morgan fingerprint density at radius 2 is 1.95 bits per heavy atom. The van der Waals surface area contributed by atoms with E-state index in [-0.39, 0.29) is 11.3 Å². The van der Waals surface area contributed by atoms with Gasteiger partial charge in [-0.25, -0.2) is 0 Å². The van der Waals surface area contributed by atoms with Crippen molar-refractivity contribution in [3.8, 4) is 0 Å². The van der Waals surface area contributed by atoms with Gasteiger partial charge in [-0.15, -0.1) is 0 Å². The van der Waals surface area contributed by atoms with Gasteiger partial charge in [0.05, 0.1) is 12.0 Å². The summed E-state index contributed by atoms with van der Waals surface area (Å²) in [4.78, 5) is 12.4. The lowest BCUT2D eigenvalue weighted by Crippen LogP contribution is -2.34. The highest BCUT2D eigenvalue weighted by Crippen LogP contribution is 2.48. The number of hydrogen-bond donors (Lipinski definition) is 1. The molecule has 3 nitrogen and oxygen atoms in total. The fourth-order valence-electron chi connectivity index (χ4n) is 2.55. The Bertz CT molecular complexity index is 582. The number of aryl methyl sites for hydroxylation is 1. The molecule has 98 valence electrons. The van der Waals surface area contributed by atoms with Crippen molar-refractivity contribution in [2.45, 2.75) is 24.8 Å². The summed E-state index contributed by atoms with van der Waals surface area (Å²) < 4.78 is 2.03. The minimum atomic E-state index is -0.271. The fourth-order valence-corrected chi connectivity index (χ4v) is 2.55. The molecular weight excluding hydrogens is 236 g/mol. The molecule has 0 saturated heterocycles. The average molecular weight is 254 g/mol. The van der Waals surface area contributed by atoms with Crippen molar-refractivity contribution < 1.29 is 4.79 Å². The molecule has 1 aliphatic carbocycles. The molecule has 0 spiro atoms. The lowest BCUT2D eigenvalue weighted by molar-refractivity contribution is -0.123. The molecule has 1 fully saturated rings. The first kappa shape index (κ1) is 12.0. The van der Waals surface area contributed by atoms with Crippen molar-refractivity contribution in [2.75, 3.05) is 0 Å². The maximum absolute atomic E-state index is 12.4. The van der Waals surface area contributed by atoms with E-state index in [2.05, 4.69) is 17.4 Å². The van der Waals surface area contributed by atoms with Crippen LogP contribution in [-0.4, -0.2) is 10.5 Å². The van der Waals surface area contributed by atoms with Crippen LogP contribution in [-0.2, 0) is 23.8 Å². The van der Waals surface area contributed by atoms with Crippen molar-refractivity contribution in [1.29, 1.82) is 0 Å². The molecule has 0 atom stereocenters. The molecule has 0 unspecified atom stereocenters. The molecule has 0 radical (unpaired) electrons. The zero-order chi connectivity index (χ0) is 13.3. The topological polar surface area (TPSA) is 34.0 Å². The molecule has 3 heteroatoms. The second-order valence-corrected chi connectivity index (χ2v) is 5.24. The first-order valence-electron chi connectivity index (χ1n) is 6.66. The molecule has 1 N–H and O–H groups in total. The molecule has 0 bridgehead atoms. The molecule has 1 aromatic heterocycles. The number of aromatic nitrogens is 1. The third kappa shape index (κ3) is 2.16. The molecule has 1 aromatic carbocycles. The van der Waals surface area contributed by atoms with Crippen LogP contribution in [0.15, 0.2) is 48.7 Å². The van der Waals surface area contributed by atoms with Crippen molar-refractivity contribution in [3.05, 3.63) is 59.9 Å². The van der Waals surface area contributed by atoms with Gasteiger partial charge in [0.25, 0.3) is 0 Å². The van der Waals surface area contributed by atoms with Gasteiger partial charge in [0.15, 0.2) is 0 Å². The van der Waals surface area contributed by atoms with Gasteiger partial charge in [0, 0.05) is 18.9 Å². The minimum Gasteiger partial charge on any atom is -0.353 e. The molecule has 0 aliphatic heterocycles. The first-order chi connectivity index (χ1) is 9.22. The van der Waals surface area contributed by atoms with Gasteiger partial charge in [0.1, 0.15) is 0 Å². The predicted octanol–water partition coefficient (Wildman–Crippen LogP) is 2.37. The molecule has 2 aromatic rings. The van der Waals surface area contributed by atoms with E-state index in [1.54, 1.807) is 0 Å². The zero-order valence-electron chi connectivity index (χ0n) is 11.1. The van der Waals surface area contributed by atoms with Crippen LogP contribution in [0, 0.1) is 0 Å². The van der Waals surface area contributed by atoms with Gasteiger partial charge < -0.3 is 9.88 Å². The number of carbonyl (C=O) groups excluding carboxylic acids is 1. The van der Waals surface area contributed by atoms with Gasteiger partial charge in [-0.2, -0.15) is 0 Å². The average Bonchev–Trinajstić information content (AvgIpc) is 3.16. The largest absolute Gasteiger partial charge is 0.353 e. The molecule has 19 heavy (non-hydrogen) atoms. The van der Waals surface area contributed by atoms with Crippen LogP contribution in [0.2, 0.25) is 0 Å². The second-order valence-electron chi connectivity index (χ2n) is 5.24. The van der Waals surface area contributed by atoms with E-state index in [9.17, 15) is 4.79 Å². The molecule has 1 aliphatic rings. The first-order valence-corrected chi connectivity index (χ1v) is 6.66. The molecule has 1 heterocycles. The number of hydrogen-bond acceptors (Lipinski definition) is 1. The Balaban J connectivity index is 1.70. The van der Waals surface area contributed by atoms with Crippen molar-refractivity contribution in [2.24, 2.45) is 7.05 Å². The zero-order valence-corrected chi connectivity index (χ0v) is 11.1. The Morgan fingerprint density at radius 3 is 2.53 bits per heavy atom. The summed E-state index contributed by atoms with van der Waals surface area (Å²) >= 11 is 0. The lowest BCUT2D eigenvalue weighted by atomic mass is 9.95. The standard InChI is InChI=1S/C16H18N2O/c1-18-11-5-8-14(18)12-17-15(19)16(9-10-16)13-6-3-2-4-7-13/h2-8,11H,9-10,12H2,1H3,(H,17,19). The van der Waals surface area contributed by atoms with Crippen molar-refractivity contribution in [1.82, 2.24) is 9.88 Å². The molecular formula is C16H18N2O. The Morgan fingerprint density at radius 1 is 1.21 bits per heavy atom. The summed E-state index contributed by atoms with van der Waals surface area (Å²) in [6.07, 6.45) is 3.90. The van der Waals surface area contributed by atoms with Crippen LogP contribution in [0.5, 0.6) is 0 Å². The van der Waals surface area contributed by atoms with Crippen LogP contribution in [0.3, 0.4) is 0 Å². The van der Waals surface area contributed by atoms with Crippen molar-refractivity contribution >= 4 is 5.91 Å². The number of nitrogens with one attached hydrogen (secondary N) is 1. The molecule has 1 amide bonds. The van der Waals surface area contributed by atoms with E-state index in [4.69, 9.17) is 0 Å². The Kier molecular flexibility index (Phi) is 2.90. The normalized spacial score (nSPS) is 16.1. The summed E-state index contributed by atoms with van der Waals surface area (Å²) in [7, 11) is 1.99. The van der Waals surface area contributed by atoms with Gasteiger partial charge in [-0.1, -0.05) is 30.3 Å². The van der Waals surface area contributed by atoms with Crippen molar-refractivity contribution in [3.63, 3.8) is 0 Å². The van der Waals surface area contributed by atoms with Gasteiger partial charge in [-0.3, -0.25) is 4.79 Å². The van der Waals surface area contributed by atoms with Gasteiger partial charge in [-0.05, 0) is 30.5 Å². The third-order valence-electron chi connectivity index (χ3n) is 3.99. The highest BCUT2D eigenvalue weighted by molar-refractivity contribution is 5.91. The van der Waals surface area contributed by atoms with E-state index in [0.717, 1.165) is 24.1 Å². The summed E-state index contributed by atoms with van der Waals surface area (Å²) in [5.41, 5.74) is 1.99. The number of carbonyl (C=O) groups is 1. The quantitative estimate of drug-likeness (QED) is 0.893.